The van der Waals surface area contributed by atoms with Gasteiger partial charge in [0.15, 0.2) is 0 Å². The Morgan fingerprint density at radius 1 is 1.64 bits per heavy atom. The lowest BCUT2D eigenvalue weighted by atomic mass is 10.2. The summed E-state index contributed by atoms with van der Waals surface area (Å²) in [5, 5.41) is 14.6. The van der Waals surface area contributed by atoms with Crippen LogP contribution < -0.4 is 10.6 Å². The van der Waals surface area contributed by atoms with Gasteiger partial charge in [0.05, 0.1) is 17.8 Å². The van der Waals surface area contributed by atoms with Crippen LogP contribution in [0.3, 0.4) is 0 Å². The molecule has 0 amide bonds. The van der Waals surface area contributed by atoms with Crippen LogP contribution in [0.2, 0.25) is 0 Å². The summed E-state index contributed by atoms with van der Waals surface area (Å²) in [6.45, 7) is 0.391. The van der Waals surface area contributed by atoms with Crippen LogP contribution in [0.1, 0.15) is 5.56 Å². The number of anilines is 2. The number of aromatic nitrogens is 1. The van der Waals surface area contributed by atoms with Gasteiger partial charge in [0.25, 0.3) is 0 Å². The van der Waals surface area contributed by atoms with E-state index in [0.29, 0.717) is 23.6 Å². The zero-order valence-electron chi connectivity index (χ0n) is 7.83. The van der Waals surface area contributed by atoms with Crippen molar-refractivity contribution in [1.29, 1.82) is 5.26 Å². The Bertz CT molecular complexity index is 398. The molecule has 0 saturated heterocycles. The van der Waals surface area contributed by atoms with Crippen LogP contribution in [0.25, 0.3) is 0 Å². The van der Waals surface area contributed by atoms with Crippen LogP contribution in [0.15, 0.2) is 12.3 Å². The fraction of sp³-hybridized carbons (Fsp3) is 0.200. The van der Waals surface area contributed by atoms with E-state index in [-0.39, 0.29) is 0 Å². The lowest BCUT2D eigenvalue weighted by Gasteiger charge is -2.06. The van der Waals surface area contributed by atoms with Gasteiger partial charge in [0, 0.05) is 19.3 Å². The highest BCUT2D eigenvalue weighted by atomic mass is 15.0. The molecule has 70 valence electrons. The summed E-state index contributed by atoms with van der Waals surface area (Å²) in [5.41, 5.74) is 1.18. The molecular weight excluding hydrogens is 176 g/mol. The second kappa shape index (κ2) is 4.74. The predicted octanol–water partition coefficient (Wildman–Crippen LogP) is 1.04. The highest BCUT2D eigenvalue weighted by molar-refractivity contribution is 5.61. The molecule has 1 heterocycles. The first kappa shape index (κ1) is 9.88. The van der Waals surface area contributed by atoms with E-state index in [1.165, 1.54) is 6.20 Å². The molecule has 0 radical (unpaired) electrons. The molecule has 14 heavy (non-hydrogen) atoms. The summed E-state index contributed by atoms with van der Waals surface area (Å²) in [6, 6.07) is 3.78. The Kier molecular flexibility index (Phi) is 3.34. The van der Waals surface area contributed by atoms with E-state index in [1.54, 1.807) is 13.1 Å². The molecule has 0 bridgehead atoms. The Morgan fingerprint density at radius 2 is 2.43 bits per heavy atom. The molecule has 0 fully saturated rings. The summed E-state index contributed by atoms with van der Waals surface area (Å²) in [5.74, 6) is 3.14. The minimum Gasteiger partial charge on any atom is -0.373 e. The highest BCUT2D eigenvalue weighted by Gasteiger charge is 2.02. The van der Waals surface area contributed by atoms with Gasteiger partial charge in [0.2, 0.25) is 0 Å². The van der Waals surface area contributed by atoms with Crippen LogP contribution >= 0.6 is 0 Å². The summed E-state index contributed by atoms with van der Waals surface area (Å²) in [4.78, 5) is 4.01. The standard InChI is InChI=1S/C10H10N4/c1-3-4-13-9-5-10(12-2)14-7-8(9)6-11/h1,5,7H,4H2,2H3,(H2,12,13,14). The van der Waals surface area contributed by atoms with Gasteiger partial charge in [-0.05, 0) is 0 Å². The topological polar surface area (TPSA) is 60.7 Å². The van der Waals surface area contributed by atoms with Gasteiger partial charge in [-0.1, -0.05) is 5.92 Å². The molecule has 0 spiro atoms. The Balaban J connectivity index is 2.99. The maximum atomic E-state index is 8.78. The Labute approximate surface area is 83.0 Å². The zero-order chi connectivity index (χ0) is 10.4. The Morgan fingerprint density at radius 3 is 3.00 bits per heavy atom. The molecule has 1 rings (SSSR count). The molecule has 0 aliphatic carbocycles. The molecule has 4 heteroatoms. The molecule has 0 aliphatic rings. The lowest BCUT2D eigenvalue weighted by molar-refractivity contribution is 1.25. The lowest BCUT2D eigenvalue weighted by Crippen LogP contribution is -2.02. The van der Waals surface area contributed by atoms with Crippen molar-refractivity contribution in [3.8, 4) is 18.4 Å². The number of nitriles is 1. The summed E-state index contributed by atoms with van der Waals surface area (Å²) in [7, 11) is 1.76. The van der Waals surface area contributed by atoms with Crippen molar-refractivity contribution in [2.24, 2.45) is 0 Å². The summed E-state index contributed by atoms with van der Waals surface area (Å²) < 4.78 is 0. The molecular formula is C10H10N4. The SMILES string of the molecule is C#CCNc1cc(NC)ncc1C#N. The van der Waals surface area contributed by atoms with Crippen molar-refractivity contribution in [3.63, 3.8) is 0 Å². The van der Waals surface area contributed by atoms with Gasteiger partial charge < -0.3 is 10.6 Å². The van der Waals surface area contributed by atoms with Crippen LogP contribution in [0, 0.1) is 23.7 Å². The molecule has 0 aromatic carbocycles. The van der Waals surface area contributed by atoms with E-state index in [1.807, 2.05) is 6.07 Å². The molecule has 1 aromatic rings. The molecule has 0 aliphatic heterocycles. The van der Waals surface area contributed by atoms with Crippen molar-refractivity contribution in [1.82, 2.24) is 4.98 Å². The fourth-order valence-corrected chi connectivity index (χ4v) is 0.974. The van der Waals surface area contributed by atoms with Crippen molar-refractivity contribution >= 4 is 11.5 Å². The normalized spacial score (nSPS) is 8.50. The number of nitrogens with one attached hydrogen (secondary N) is 2. The minimum absolute atomic E-state index is 0.391. The van der Waals surface area contributed by atoms with E-state index in [9.17, 15) is 0 Å². The van der Waals surface area contributed by atoms with Crippen molar-refractivity contribution in [2.75, 3.05) is 24.2 Å². The zero-order valence-corrected chi connectivity index (χ0v) is 7.83. The van der Waals surface area contributed by atoms with E-state index in [4.69, 9.17) is 11.7 Å². The summed E-state index contributed by atoms with van der Waals surface area (Å²) >= 11 is 0. The van der Waals surface area contributed by atoms with E-state index < -0.39 is 0 Å². The predicted molar refractivity (Wildman–Crippen MR) is 55.8 cm³/mol. The second-order valence-corrected chi connectivity index (χ2v) is 2.53. The first-order valence-corrected chi connectivity index (χ1v) is 4.07. The molecule has 2 N–H and O–H groups in total. The van der Waals surface area contributed by atoms with Crippen molar-refractivity contribution in [3.05, 3.63) is 17.8 Å². The number of terminal acetylenes is 1. The van der Waals surface area contributed by atoms with Gasteiger partial charge >= 0.3 is 0 Å². The number of hydrogen-bond donors (Lipinski definition) is 2. The molecule has 4 nitrogen and oxygen atoms in total. The smallest absolute Gasteiger partial charge is 0.127 e. The molecule has 0 atom stereocenters. The first-order valence-electron chi connectivity index (χ1n) is 4.07. The van der Waals surface area contributed by atoms with Crippen molar-refractivity contribution in [2.45, 2.75) is 0 Å². The second-order valence-electron chi connectivity index (χ2n) is 2.53. The van der Waals surface area contributed by atoms with Crippen LogP contribution in [-0.2, 0) is 0 Å². The molecule has 0 unspecified atom stereocenters. The van der Waals surface area contributed by atoms with Crippen LogP contribution in [0.5, 0.6) is 0 Å². The Hall–Kier alpha value is -2.20. The number of hydrogen-bond acceptors (Lipinski definition) is 4. The third kappa shape index (κ3) is 2.15. The van der Waals surface area contributed by atoms with Gasteiger partial charge in [0.1, 0.15) is 11.9 Å². The van der Waals surface area contributed by atoms with Crippen LogP contribution in [-0.4, -0.2) is 18.6 Å². The first-order chi connectivity index (χ1) is 6.81. The number of nitrogens with zero attached hydrogens (tertiary/aromatic N) is 2. The third-order valence-corrected chi connectivity index (χ3v) is 1.66. The number of pyridine rings is 1. The maximum Gasteiger partial charge on any atom is 0.127 e. The van der Waals surface area contributed by atoms with Gasteiger partial charge in [-0.3, -0.25) is 0 Å². The average Bonchev–Trinajstić information content (AvgIpc) is 2.25. The van der Waals surface area contributed by atoms with E-state index in [2.05, 4.69) is 21.5 Å². The number of rotatable bonds is 3. The van der Waals surface area contributed by atoms with E-state index >= 15 is 0 Å². The van der Waals surface area contributed by atoms with E-state index in [0.717, 1.165) is 0 Å². The quantitative estimate of drug-likeness (QED) is 0.692. The highest BCUT2D eigenvalue weighted by Crippen LogP contribution is 2.16. The monoisotopic (exact) mass is 186 g/mol. The van der Waals surface area contributed by atoms with Crippen LogP contribution in [0.4, 0.5) is 11.5 Å². The van der Waals surface area contributed by atoms with Gasteiger partial charge in [-0.15, -0.1) is 6.42 Å². The molecule has 0 saturated carbocycles. The third-order valence-electron chi connectivity index (χ3n) is 1.66. The van der Waals surface area contributed by atoms with Gasteiger partial charge in [-0.25, -0.2) is 4.98 Å². The minimum atomic E-state index is 0.391. The fourth-order valence-electron chi connectivity index (χ4n) is 0.974. The van der Waals surface area contributed by atoms with Gasteiger partial charge in [-0.2, -0.15) is 5.26 Å². The summed E-state index contributed by atoms with van der Waals surface area (Å²) in [6.07, 6.45) is 6.62. The van der Waals surface area contributed by atoms with Crippen molar-refractivity contribution < 1.29 is 0 Å². The molecule has 1 aromatic heterocycles. The maximum absolute atomic E-state index is 8.78. The largest absolute Gasteiger partial charge is 0.373 e. The average molecular weight is 186 g/mol.